The van der Waals surface area contributed by atoms with E-state index in [9.17, 15) is 9.59 Å². The van der Waals surface area contributed by atoms with Crippen LogP contribution in [0.1, 0.15) is 16.1 Å². The second-order valence-electron chi connectivity index (χ2n) is 4.67. The highest BCUT2D eigenvalue weighted by molar-refractivity contribution is 6.35. The molecule has 0 aliphatic heterocycles. The second kappa shape index (κ2) is 8.52. The van der Waals surface area contributed by atoms with Gasteiger partial charge < -0.3 is 14.8 Å². The number of esters is 1. The Labute approximate surface area is 148 Å². The number of aromatic nitrogens is 1. The minimum atomic E-state index is -0.467. The molecule has 0 bridgehead atoms. The van der Waals surface area contributed by atoms with Crippen molar-refractivity contribution < 1.29 is 19.1 Å². The maximum Gasteiger partial charge on any atom is 0.337 e. The Morgan fingerprint density at radius 3 is 2.71 bits per heavy atom. The van der Waals surface area contributed by atoms with E-state index in [2.05, 4.69) is 15.0 Å². The average molecular weight is 369 g/mol. The van der Waals surface area contributed by atoms with E-state index in [0.717, 1.165) is 0 Å². The fraction of sp³-hybridized carbons (Fsp3) is 0.188. The molecule has 2 aromatic rings. The third kappa shape index (κ3) is 5.11. The Balaban J connectivity index is 1.86. The lowest BCUT2D eigenvalue weighted by Crippen LogP contribution is -2.28. The van der Waals surface area contributed by atoms with Gasteiger partial charge in [-0.05, 0) is 30.3 Å². The average Bonchev–Trinajstić information content (AvgIpc) is 2.58. The third-order valence-electron chi connectivity index (χ3n) is 2.96. The number of amides is 1. The first-order valence-corrected chi connectivity index (χ1v) is 7.63. The molecule has 6 nitrogen and oxygen atoms in total. The number of carbonyl (C=O) groups excluding carboxylic acids is 2. The van der Waals surface area contributed by atoms with Crippen molar-refractivity contribution >= 4 is 35.1 Å². The van der Waals surface area contributed by atoms with Gasteiger partial charge in [-0.1, -0.05) is 23.2 Å². The van der Waals surface area contributed by atoms with Crippen molar-refractivity contribution in [2.75, 3.05) is 13.7 Å². The number of nitrogens with zero attached hydrogens (tertiary/aromatic N) is 1. The maximum atomic E-state index is 11.8. The molecule has 24 heavy (non-hydrogen) atoms. The minimum absolute atomic E-state index is 0.154. The van der Waals surface area contributed by atoms with Gasteiger partial charge >= 0.3 is 5.97 Å². The van der Waals surface area contributed by atoms with Crippen LogP contribution >= 0.6 is 23.2 Å². The van der Waals surface area contributed by atoms with Crippen LogP contribution in [0.15, 0.2) is 36.5 Å². The lowest BCUT2D eigenvalue weighted by molar-refractivity contribution is -0.123. The van der Waals surface area contributed by atoms with E-state index >= 15 is 0 Å². The number of pyridine rings is 1. The topological polar surface area (TPSA) is 77.5 Å². The fourth-order valence-electron chi connectivity index (χ4n) is 1.80. The molecule has 8 heteroatoms. The van der Waals surface area contributed by atoms with Crippen LogP contribution in [0.5, 0.6) is 5.75 Å². The van der Waals surface area contributed by atoms with Gasteiger partial charge in [0, 0.05) is 11.2 Å². The first-order chi connectivity index (χ1) is 11.5. The molecule has 0 aliphatic carbocycles. The summed E-state index contributed by atoms with van der Waals surface area (Å²) in [5.41, 5.74) is 0.886. The van der Waals surface area contributed by atoms with Gasteiger partial charge in [-0.3, -0.25) is 9.78 Å². The van der Waals surface area contributed by atoms with Crippen molar-refractivity contribution in [2.24, 2.45) is 0 Å². The van der Waals surface area contributed by atoms with Gasteiger partial charge in [0.25, 0.3) is 5.91 Å². The molecule has 0 spiro atoms. The van der Waals surface area contributed by atoms with Gasteiger partial charge in [0.15, 0.2) is 6.61 Å². The fourth-order valence-corrected chi connectivity index (χ4v) is 2.26. The molecule has 0 unspecified atom stereocenters. The molecule has 1 amide bonds. The molecular weight excluding hydrogens is 355 g/mol. The normalized spacial score (nSPS) is 10.1. The number of benzene rings is 1. The van der Waals surface area contributed by atoms with Crippen molar-refractivity contribution in [1.82, 2.24) is 10.3 Å². The van der Waals surface area contributed by atoms with Gasteiger partial charge in [0.2, 0.25) is 0 Å². The van der Waals surface area contributed by atoms with Gasteiger partial charge in [-0.25, -0.2) is 4.79 Å². The molecule has 0 radical (unpaired) electrons. The Hall–Kier alpha value is -2.31. The molecule has 0 fully saturated rings. The summed E-state index contributed by atoms with van der Waals surface area (Å²) in [4.78, 5) is 27.3. The predicted octanol–water partition coefficient (Wildman–Crippen LogP) is 2.87. The Morgan fingerprint density at radius 1 is 1.21 bits per heavy atom. The number of halogens is 2. The van der Waals surface area contributed by atoms with Gasteiger partial charge in [0.1, 0.15) is 5.75 Å². The summed E-state index contributed by atoms with van der Waals surface area (Å²) in [5, 5.41) is 3.44. The smallest absolute Gasteiger partial charge is 0.337 e. The molecule has 1 N–H and O–H groups in total. The Kier molecular flexibility index (Phi) is 6.40. The maximum absolute atomic E-state index is 11.8. The molecule has 0 atom stereocenters. The molecule has 0 saturated heterocycles. The van der Waals surface area contributed by atoms with Crippen LogP contribution in [0.25, 0.3) is 0 Å². The van der Waals surface area contributed by atoms with E-state index in [4.69, 9.17) is 27.9 Å². The van der Waals surface area contributed by atoms with Crippen molar-refractivity contribution in [2.45, 2.75) is 6.54 Å². The number of hydrogen-bond donors (Lipinski definition) is 1. The number of rotatable bonds is 6. The van der Waals surface area contributed by atoms with E-state index in [1.54, 1.807) is 18.2 Å². The number of nitrogens with one attached hydrogen (secondary N) is 1. The van der Waals surface area contributed by atoms with Crippen LogP contribution in [0.4, 0.5) is 0 Å². The predicted molar refractivity (Wildman–Crippen MR) is 89.4 cm³/mol. The summed E-state index contributed by atoms with van der Waals surface area (Å²) in [6.45, 7) is -0.0561. The first kappa shape index (κ1) is 18.0. The van der Waals surface area contributed by atoms with Crippen LogP contribution in [0, 0.1) is 0 Å². The van der Waals surface area contributed by atoms with Gasteiger partial charge in [0.05, 0.1) is 29.9 Å². The molecule has 126 valence electrons. The Bertz CT molecular complexity index is 753. The van der Waals surface area contributed by atoms with Crippen LogP contribution in [0.2, 0.25) is 10.0 Å². The summed E-state index contributed by atoms with van der Waals surface area (Å²) in [6.07, 6.45) is 1.47. The molecule has 2 rings (SSSR count). The van der Waals surface area contributed by atoms with Crippen LogP contribution < -0.4 is 10.1 Å². The minimum Gasteiger partial charge on any atom is -0.482 e. The zero-order valence-electron chi connectivity index (χ0n) is 12.7. The summed E-state index contributed by atoms with van der Waals surface area (Å²) in [6, 6.07) is 7.80. The monoisotopic (exact) mass is 368 g/mol. The number of ether oxygens (including phenoxy) is 2. The van der Waals surface area contributed by atoms with Crippen molar-refractivity contribution in [3.8, 4) is 5.75 Å². The molecule has 0 saturated carbocycles. The van der Waals surface area contributed by atoms with E-state index < -0.39 is 5.97 Å². The molecule has 1 heterocycles. The van der Waals surface area contributed by atoms with E-state index in [1.165, 1.54) is 25.4 Å². The summed E-state index contributed by atoms with van der Waals surface area (Å²) < 4.78 is 9.95. The SMILES string of the molecule is COC(=O)c1ccnc(CNC(=O)COc2ccc(Cl)cc2Cl)c1. The third-order valence-corrected chi connectivity index (χ3v) is 3.49. The van der Waals surface area contributed by atoms with Crippen molar-refractivity contribution in [3.63, 3.8) is 0 Å². The van der Waals surface area contributed by atoms with Crippen LogP contribution in [0.3, 0.4) is 0 Å². The van der Waals surface area contributed by atoms with E-state index in [-0.39, 0.29) is 19.1 Å². The van der Waals surface area contributed by atoms with E-state index in [1.807, 2.05) is 0 Å². The standard InChI is InChI=1S/C16H14Cl2N2O4/c1-23-16(22)10-4-5-19-12(6-10)8-20-15(21)9-24-14-3-2-11(17)7-13(14)18/h2-7H,8-9H2,1H3,(H,20,21). The quantitative estimate of drug-likeness (QED) is 0.793. The Morgan fingerprint density at radius 2 is 2.00 bits per heavy atom. The van der Waals surface area contributed by atoms with Crippen molar-refractivity contribution in [1.29, 1.82) is 0 Å². The van der Waals surface area contributed by atoms with Crippen LogP contribution in [-0.4, -0.2) is 30.6 Å². The second-order valence-corrected chi connectivity index (χ2v) is 5.51. The number of carbonyl (C=O) groups is 2. The zero-order valence-corrected chi connectivity index (χ0v) is 14.2. The highest BCUT2D eigenvalue weighted by Gasteiger charge is 2.09. The lowest BCUT2D eigenvalue weighted by atomic mass is 10.2. The van der Waals surface area contributed by atoms with E-state index in [0.29, 0.717) is 27.1 Å². The lowest BCUT2D eigenvalue weighted by Gasteiger charge is -2.09. The highest BCUT2D eigenvalue weighted by Crippen LogP contribution is 2.27. The molecular formula is C16H14Cl2N2O4. The zero-order chi connectivity index (χ0) is 17.5. The molecule has 1 aromatic heterocycles. The first-order valence-electron chi connectivity index (χ1n) is 6.87. The van der Waals surface area contributed by atoms with Crippen molar-refractivity contribution in [3.05, 3.63) is 57.8 Å². The summed E-state index contributed by atoms with van der Waals surface area (Å²) >= 11 is 11.7. The summed E-state index contributed by atoms with van der Waals surface area (Å²) in [7, 11) is 1.30. The van der Waals surface area contributed by atoms with Gasteiger partial charge in [-0.2, -0.15) is 0 Å². The number of hydrogen-bond acceptors (Lipinski definition) is 5. The largest absolute Gasteiger partial charge is 0.482 e. The van der Waals surface area contributed by atoms with Crippen LogP contribution in [-0.2, 0) is 16.1 Å². The molecule has 0 aliphatic rings. The highest BCUT2D eigenvalue weighted by atomic mass is 35.5. The number of methoxy groups -OCH3 is 1. The van der Waals surface area contributed by atoms with Gasteiger partial charge in [-0.15, -0.1) is 0 Å². The summed E-state index contributed by atoms with van der Waals surface area (Å²) in [5.74, 6) is -0.459. The molecule has 1 aromatic carbocycles.